The summed E-state index contributed by atoms with van der Waals surface area (Å²) >= 11 is 1.88. The van der Waals surface area contributed by atoms with Crippen LogP contribution in [0, 0.1) is 12.8 Å². The molecule has 16 heavy (non-hydrogen) atoms. The van der Waals surface area contributed by atoms with E-state index in [9.17, 15) is 0 Å². The van der Waals surface area contributed by atoms with Crippen LogP contribution in [-0.2, 0) is 6.42 Å². The maximum absolute atomic E-state index is 3.56. The van der Waals surface area contributed by atoms with Gasteiger partial charge >= 0.3 is 0 Å². The van der Waals surface area contributed by atoms with Gasteiger partial charge in [-0.15, -0.1) is 11.3 Å². The molecule has 90 valence electrons. The van der Waals surface area contributed by atoms with Crippen LogP contribution in [0.1, 0.15) is 23.3 Å². The van der Waals surface area contributed by atoms with E-state index in [-0.39, 0.29) is 0 Å². The van der Waals surface area contributed by atoms with Gasteiger partial charge in [0.25, 0.3) is 0 Å². The van der Waals surface area contributed by atoms with Crippen LogP contribution in [-0.4, -0.2) is 26.2 Å². The zero-order valence-corrected chi connectivity index (χ0v) is 10.9. The van der Waals surface area contributed by atoms with E-state index in [4.69, 9.17) is 0 Å². The third-order valence-corrected chi connectivity index (χ3v) is 4.47. The molecular formula is C13H22N2S. The van der Waals surface area contributed by atoms with E-state index >= 15 is 0 Å². The highest BCUT2D eigenvalue weighted by Gasteiger charge is 2.13. The molecule has 0 spiro atoms. The normalized spacial score (nSPS) is 20.4. The minimum atomic E-state index is 0.913. The first-order valence-electron chi connectivity index (χ1n) is 6.30. The van der Waals surface area contributed by atoms with Crippen molar-refractivity contribution >= 4 is 11.3 Å². The van der Waals surface area contributed by atoms with Gasteiger partial charge in [0.05, 0.1) is 0 Å². The van der Waals surface area contributed by atoms with Crippen LogP contribution in [0.3, 0.4) is 0 Å². The van der Waals surface area contributed by atoms with Crippen LogP contribution < -0.4 is 10.6 Å². The Bertz CT molecular complexity index is 303. The molecule has 1 atom stereocenters. The van der Waals surface area contributed by atoms with Crippen molar-refractivity contribution < 1.29 is 0 Å². The minimum Gasteiger partial charge on any atom is -0.316 e. The number of hydrogen-bond donors (Lipinski definition) is 2. The summed E-state index contributed by atoms with van der Waals surface area (Å²) in [5, 5.41) is 9.16. The smallest absolute Gasteiger partial charge is 0.00870 e. The maximum Gasteiger partial charge on any atom is 0.00870 e. The predicted molar refractivity (Wildman–Crippen MR) is 71.2 cm³/mol. The second-order valence-electron chi connectivity index (χ2n) is 4.67. The number of aryl methyl sites for hydroxylation is 1. The van der Waals surface area contributed by atoms with E-state index in [0.29, 0.717) is 0 Å². The standard InChI is InChI=1S/C13H22N2S/c1-11-5-9-16-13(11)4-8-14-6-2-12-3-7-15-10-12/h5,9,12,14-15H,2-4,6-8,10H2,1H3. The first-order chi connectivity index (χ1) is 7.86. The quantitative estimate of drug-likeness (QED) is 0.742. The summed E-state index contributed by atoms with van der Waals surface area (Å²) in [6.45, 7) is 6.96. The molecule has 0 aromatic carbocycles. The van der Waals surface area contributed by atoms with E-state index in [1.807, 2.05) is 11.3 Å². The zero-order chi connectivity index (χ0) is 11.2. The van der Waals surface area contributed by atoms with Gasteiger partial charge in [0.2, 0.25) is 0 Å². The van der Waals surface area contributed by atoms with Crippen molar-refractivity contribution in [2.24, 2.45) is 5.92 Å². The van der Waals surface area contributed by atoms with E-state index < -0.39 is 0 Å². The third-order valence-electron chi connectivity index (χ3n) is 3.39. The Kier molecular flexibility index (Phi) is 4.82. The van der Waals surface area contributed by atoms with Gasteiger partial charge in [-0.05, 0) is 75.3 Å². The van der Waals surface area contributed by atoms with Gasteiger partial charge in [-0.2, -0.15) is 0 Å². The Morgan fingerprint density at radius 1 is 1.50 bits per heavy atom. The fraction of sp³-hybridized carbons (Fsp3) is 0.692. The number of nitrogens with one attached hydrogen (secondary N) is 2. The predicted octanol–water partition coefficient (Wildman–Crippen LogP) is 2.19. The lowest BCUT2D eigenvalue weighted by atomic mass is 10.1. The molecule has 0 aliphatic carbocycles. The van der Waals surface area contributed by atoms with Crippen molar-refractivity contribution in [3.63, 3.8) is 0 Å². The van der Waals surface area contributed by atoms with Gasteiger partial charge in [-0.3, -0.25) is 0 Å². The number of rotatable bonds is 6. The largest absolute Gasteiger partial charge is 0.316 e. The second-order valence-corrected chi connectivity index (χ2v) is 5.67. The lowest BCUT2D eigenvalue weighted by Crippen LogP contribution is -2.21. The SMILES string of the molecule is Cc1ccsc1CCNCCC1CCNC1. The van der Waals surface area contributed by atoms with Gasteiger partial charge in [-0.1, -0.05) is 0 Å². The van der Waals surface area contributed by atoms with Gasteiger partial charge < -0.3 is 10.6 Å². The number of thiophene rings is 1. The van der Waals surface area contributed by atoms with Crippen LogP contribution in [0.4, 0.5) is 0 Å². The molecule has 1 unspecified atom stereocenters. The molecule has 2 heterocycles. The monoisotopic (exact) mass is 238 g/mol. The lowest BCUT2D eigenvalue weighted by Gasteiger charge is -2.08. The molecule has 1 aliphatic heterocycles. The topological polar surface area (TPSA) is 24.1 Å². The molecular weight excluding hydrogens is 216 g/mol. The Balaban J connectivity index is 1.53. The molecule has 1 aliphatic rings. The molecule has 0 saturated carbocycles. The second kappa shape index (κ2) is 6.38. The minimum absolute atomic E-state index is 0.913. The van der Waals surface area contributed by atoms with E-state index in [1.165, 1.54) is 49.3 Å². The first-order valence-corrected chi connectivity index (χ1v) is 7.18. The molecule has 1 aromatic heterocycles. The van der Waals surface area contributed by atoms with Gasteiger partial charge in [0, 0.05) is 4.88 Å². The van der Waals surface area contributed by atoms with Crippen molar-refractivity contribution in [3.05, 3.63) is 21.9 Å². The van der Waals surface area contributed by atoms with Crippen molar-refractivity contribution in [1.82, 2.24) is 10.6 Å². The lowest BCUT2D eigenvalue weighted by molar-refractivity contribution is 0.502. The molecule has 0 bridgehead atoms. The van der Waals surface area contributed by atoms with Crippen molar-refractivity contribution in [3.8, 4) is 0 Å². The van der Waals surface area contributed by atoms with Crippen LogP contribution in [0.5, 0.6) is 0 Å². The van der Waals surface area contributed by atoms with Gasteiger partial charge in [0.1, 0.15) is 0 Å². The van der Waals surface area contributed by atoms with Crippen LogP contribution in [0.25, 0.3) is 0 Å². The summed E-state index contributed by atoms with van der Waals surface area (Å²) in [5.74, 6) is 0.913. The fourth-order valence-electron chi connectivity index (χ4n) is 2.25. The summed E-state index contributed by atoms with van der Waals surface area (Å²) < 4.78 is 0. The van der Waals surface area contributed by atoms with Gasteiger partial charge in [-0.25, -0.2) is 0 Å². The molecule has 0 radical (unpaired) electrons. The Labute approximate surface area is 102 Å². The number of hydrogen-bond acceptors (Lipinski definition) is 3. The third kappa shape index (κ3) is 3.58. The summed E-state index contributed by atoms with van der Waals surface area (Å²) in [5.41, 5.74) is 1.45. The molecule has 2 nitrogen and oxygen atoms in total. The summed E-state index contributed by atoms with van der Waals surface area (Å²) in [6, 6.07) is 2.21. The first kappa shape index (κ1) is 12.1. The highest BCUT2D eigenvalue weighted by molar-refractivity contribution is 7.10. The zero-order valence-electron chi connectivity index (χ0n) is 10.1. The van der Waals surface area contributed by atoms with Crippen molar-refractivity contribution in [2.75, 3.05) is 26.2 Å². The van der Waals surface area contributed by atoms with Crippen LogP contribution >= 0.6 is 11.3 Å². The molecule has 1 saturated heterocycles. The highest BCUT2D eigenvalue weighted by atomic mass is 32.1. The molecule has 2 rings (SSSR count). The molecule has 3 heteroatoms. The summed E-state index contributed by atoms with van der Waals surface area (Å²) in [4.78, 5) is 1.54. The fourth-order valence-corrected chi connectivity index (χ4v) is 3.16. The van der Waals surface area contributed by atoms with Gasteiger partial charge in [0.15, 0.2) is 0 Å². The molecule has 1 fully saturated rings. The Hall–Kier alpha value is -0.380. The van der Waals surface area contributed by atoms with Crippen molar-refractivity contribution in [2.45, 2.75) is 26.2 Å². The van der Waals surface area contributed by atoms with E-state index in [1.54, 1.807) is 0 Å². The molecule has 2 N–H and O–H groups in total. The van der Waals surface area contributed by atoms with Crippen molar-refractivity contribution in [1.29, 1.82) is 0 Å². The summed E-state index contributed by atoms with van der Waals surface area (Å²) in [7, 11) is 0. The van der Waals surface area contributed by atoms with E-state index in [0.717, 1.165) is 12.5 Å². The highest BCUT2D eigenvalue weighted by Crippen LogP contribution is 2.15. The maximum atomic E-state index is 3.56. The Morgan fingerprint density at radius 3 is 3.12 bits per heavy atom. The Morgan fingerprint density at radius 2 is 2.44 bits per heavy atom. The van der Waals surface area contributed by atoms with E-state index in [2.05, 4.69) is 29.0 Å². The molecule has 0 amide bonds. The summed E-state index contributed by atoms with van der Waals surface area (Å²) in [6.07, 6.45) is 3.88. The average molecular weight is 238 g/mol. The van der Waals surface area contributed by atoms with Crippen LogP contribution in [0.2, 0.25) is 0 Å². The van der Waals surface area contributed by atoms with Crippen LogP contribution in [0.15, 0.2) is 11.4 Å². The molecule has 1 aromatic rings. The average Bonchev–Trinajstić information content (AvgIpc) is 2.90.